The van der Waals surface area contributed by atoms with Gasteiger partial charge in [0.05, 0.1) is 17.7 Å². The predicted molar refractivity (Wildman–Crippen MR) is 115 cm³/mol. The van der Waals surface area contributed by atoms with Crippen molar-refractivity contribution in [3.63, 3.8) is 0 Å². The molecule has 4 heterocycles. The fraction of sp³-hybridized carbons (Fsp3) is 0.783. The number of likely N-dealkylation sites (tertiary alicyclic amines) is 1. The largest absolute Gasteiger partial charge is 0.361 e. The number of nitrogens with zero attached hydrogens (tertiary/aromatic N) is 4. The van der Waals surface area contributed by atoms with Crippen molar-refractivity contribution < 1.29 is 14.1 Å². The van der Waals surface area contributed by atoms with Crippen molar-refractivity contribution in [1.82, 2.24) is 25.2 Å². The van der Waals surface area contributed by atoms with Crippen molar-refractivity contribution in [1.29, 1.82) is 0 Å². The lowest BCUT2D eigenvalue weighted by atomic mass is 9.83. The molecule has 4 fully saturated rings. The zero-order valence-corrected chi connectivity index (χ0v) is 19.0. The second-order valence-corrected chi connectivity index (χ2v) is 10.2. The maximum Gasteiger partial charge on any atom is 0.243 e. The molecule has 4 aliphatic rings. The van der Waals surface area contributed by atoms with Gasteiger partial charge in [0.25, 0.3) is 0 Å². The van der Waals surface area contributed by atoms with Crippen molar-refractivity contribution in [3.8, 4) is 0 Å². The Balaban J connectivity index is 1.22. The monoisotopic (exact) mass is 429 g/mol. The molecule has 170 valence electrons. The fourth-order valence-electron chi connectivity index (χ4n) is 5.90. The summed E-state index contributed by atoms with van der Waals surface area (Å²) in [5.74, 6) is 1.07. The smallest absolute Gasteiger partial charge is 0.243 e. The number of amides is 2. The highest BCUT2D eigenvalue weighted by atomic mass is 16.5. The van der Waals surface area contributed by atoms with Crippen molar-refractivity contribution in [2.24, 2.45) is 0 Å². The predicted octanol–water partition coefficient (Wildman–Crippen LogP) is 1.60. The molecule has 5 rings (SSSR count). The minimum Gasteiger partial charge on any atom is -0.361 e. The van der Waals surface area contributed by atoms with E-state index < -0.39 is 5.54 Å². The minimum absolute atomic E-state index is 0.0505. The average Bonchev–Trinajstić information content (AvgIpc) is 3.25. The van der Waals surface area contributed by atoms with Gasteiger partial charge in [-0.15, -0.1) is 0 Å². The lowest BCUT2D eigenvalue weighted by Gasteiger charge is -2.41. The van der Waals surface area contributed by atoms with Crippen LogP contribution in [0.1, 0.15) is 62.0 Å². The molecule has 0 aromatic carbocycles. The summed E-state index contributed by atoms with van der Waals surface area (Å²) in [6, 6.07) is 0.621. The van der Waals surface area contributed by atoms with Gasteiger partial charge in [-0.3, -0.25) is 19.4 Å². The van der Waals surface area contributed by atoms with Crippen molar-refractivity contribution in [2.45, 2.75) is 89.0 Å². The van der Waals surface area contributed by atoms with Gasteiger partial charge in [-0.2, -0.15) is 0 Å². The molecule has 1 spiro atoms. The molecule has 3 aliphatic heterocycles. The molecule has 8 heteroatoms. The first kappa shape index (κ1) is 20.9. The molecule has 0 radical (unpaired) electrons. The molecule has 0 bridgehead atoms. The summed E-state index contributed by atoms with van der Waals surface area (Å²) in [4.78, 5) is 33.1. The van der Waals surface area contributed by atoms with Gasteiger partial charge in [-0.25, -0.2) is 0 Å². The van der Waals surface area contributed by atoms with Gasteiger partial charge in [0.1, 0.15) is 11.8 Å². The summed E-state index contributed by atoms with van der Waals surface area (Å²) < 4.78 is 5.30. The van der Waals surface area contributed by atoms with Crippen LogP contribution < -0.4 is 5.32 Å². The molecule has 2 atom stereocenters. The third kappa shape index (κ3) is 3.78. The van der Waals surface area contributed by atoms with Gasteiger partial charge >= 0.3 is 0 Å². The van der Waals surface area contributed by atoms with Gasteiger partial charge in [-0.1, -0.05) is 11.6 Å². The van der Waals surface area contributed by atoms with Crippen LogP contribution in [0.5, 0.6) is 0 Å². The molecule has 1 aromatic rings. The maximum atomic E-state index is 13.2. The van der Waals surface area contributed by atoms with Crippen LogP contribution in [0, 0.1) is 13.8 Å². The van der Waals surface area contributed by atoms with Crippen LogP contribution in [-0.2, 0) is 16.1 Å². The number of fused-ring (bicyclic) bond motifs is 1. The lowest BCUT2D eigenvalue weighted by molar-refractivity contribution is -0.135. The summed E-state index contributed by atoms with van der Waals surface area (Å²) in [6.45, 7) is 7.14. The molecule has 1 saturated carbocycles. The SMILES string of the molecule is Cc1noc(C)c1CN1CCC2(CC1)CC(=O)N1C[C@@H](N(C)C3CCC3)C[C@H]1C(=O)N2. The molecule has 31 heavy (non-hydrogen) atoms. The van der Waals surface area contributed by atoms with Crippen LogP contribution in [0.3, 0.4) is 0 Å². The number of hydrogen-bond acceptors (Lipinski definition) is 6. The standard InChI is InChI=1S/C23H35N5O3/c1-15-19(16(2)31-25-15)14-27-9-7-23(8-10-27)12-21(29)28-13-18(11-20(28)22(30)24-23)26(3)17-5-4-6-17/h17-18,20H,4-14H2,1-3H3,(H,24,30)/t18-,20-/m0/s1. The molecular formula is C23H35N5O3. The fourth-order valence-corrected chi connectivity index (χ4v) is 5.90. The number of piperidine rings is 1. The van der Waals surface area contributed by atoms with Gasteiger partial charge in [0.15, 0.2) is 0 Å². The Bertz CT molecular complexity index is 808. The van der Waals surface area contributed by atoms with E-state index in [1.54, 1.807) is 0 Å². The lowest BCUT2D eigenvalue weighted by Crippen LogP contribution is -2.56. The number of aromatic nitrogens is 1. The first-order valence-electron chi connectivity index (χ1n) is 11.8. The third-order valence-corrected chi connectivity index (χ3v) is 8.38. The number of rotatable bonds is 4. The quantitative estimate of drug-likeness (QED) is 0.783. The van der Waals surface area contributed by atoms with Crippen LogP contribution in [0.4, 0.5) is 0 Å². The number of likely N-dealkylation sites (N-methyl/N-ethyl adjacent to an activating group) is 1. The second kappa shape index (κ2) is 7.89. The number of carbonyl (C=O) groups is 2. The van der Waals surface area contributed by atoms with Crippen molar-refractivity contribution >= 4 is 11.8 Å². The highest BCUT2D eigenvalue weighted by Gasteiger charge is 2.50. The van der Waals surface area contributed by atoms with E-state index in [9.17, 15) is 9.59 Å². The van der Waals surface area contributed by atoms with E-state index >= 15 is 0 Å². The van der Waals surface area contributed by atoms with E-state index in [0.717, 1.165) is 55.9 Å². The Kier molecular flexibility index (Phi) is 5.33. The Labute approximate surface area is 184 Å². The van der Waals surface area contributed by atoms with Crippen LogP contribution in [0.2, 0.25) is 0 Å². The Morgan fingerprint density at radius 3 is 2.55 bits per heavy atom. The van der Waals surface area contributed by atoms with Crippen LogP contribution in [0.15, 0.2) is 4.52 Å². The van der Waals surface area contributed by atoms with E-state index in [2.05, 4.69) is 27.3 Å². The number of aryl methyl sites for hydroxylation is 2. The van der Waals surface area contributed by atoms with Gasteiger partial charge in [-0.05, 0) is 53.0 Å². The molecular weight excluding hydrogens is 394 g/mol. The summed E-state index contributed by atoms with van der Waals surface area (Å²) >= 11 is 0. The van der Waals surface area contributed by atoms with Crippen molar-refractivity contribution in [3.05, 3.63) is 17.0 Å². The Morgan fingerprint density at radius 1 is 1.19 bits per heavy atom. The van der Waals surface area contributed by atoms with E-state index in [1.807, 2.05) is 18.7 Å². The Hall–Kier alpha value is -1.93. The van der Waals surface area contributed by atoms with Gasteiger partial charge < -0.3 is 14.7 Å². The minimum atomic E-state index is -0.400. The molecule has 1 N–H and O–H groups in total. The van der Waals surface area contributed by atoms with Crippen LogP contribution in [0.25, 0.3) is 0 Å². The van der Waals surface area contributed by atoms with Crippen LogP contribution in [-0.4, -0.2) is 82.0 Å². The summed E-state index contributed by atoms with van der Waals surface area (Å²) in [5.41, 5.74) is 1.69. The normalized spacial score (nSPS) is 29.2. The average molecular weight is 430 g/mol. The number of nitrogens with one attached hydrogen (secondary N) is 1. The van der Waals surface area contributed by atoms with Crippen molar-refractivity contribution in [2.75, 3.05) is 26.7 Å². The first-order valence-corrected chi connectivity index (χ1v) is 11.8. The van der Waals surface area contributed by atoms with Gasteiger partial charge in [0, 0.05) is 43.8 Å². The summed E-state index contributed by atoms with van der Waals surface area (Å²) in [7, 11) is 2.17. The van der Waals surface area contributed by atoms with E-state index in [0.29, 0.717) is 25.0 Å². The second-order valence-electron chi connectivity index (χ2n) is 10.2. The van der Waals surface area contributed by atoms with E-state index in [-0.39, 0.29) is 17.9 Å². The highest BCUT2D eigenvalue weighted by molar-refractivity contribution is 5.92. The zero-order valence-electron chi connectivity index (χ0n) is 19.0. The first-order chi connectivity index (χ1) is 14.8. The number of hydrogen-bond donors (Lipinski definition) is 1. The van der Waals surface area contributed by atoms with E-state index in [1.165, 1.54) is 19.3 Å². The maximum absolute atomic E-state index is 13.2. The topological polar surface area (TPSA) is 81.9 Å². The highest BCUT2D eigenvalue weighted by Crippen LogP contribution is 2.35. The summed E-state index contributed by atoms with van der Waals surface area (Å²) in [5, 5.41) is 7.39. The molecule has 1 aliphatic carbocycles. The van der Waals surface area contributed by atoms with Gasteiger partial charge in [0.2, 0.25) is 11.8 Å². The van der Waals surface area contributed by atoms with E-state index in [4.69, 9.17) is 4.52 Å². The summed E-state index contributed by atoms with van der Waals surface area (Å²) in [6.07, 6.45) is 6.58. The molecule has 8 nitrogen and oxygen atoms in total. The molecule has 3 saturated heterocycles. The Morgan fingerprint density at radius 2 is 1.94 bits per heavy atom. The molecule has 2 amide bonds. The van der Waals surface area contributed by atoms with Crippen LogP contribution >= 0.6 is 0 Å². The number of carbonyl (C=O) groups excluding carboxylic acids is 2. The molecule has 0 unspecified atom stereocenters. The molecule has 1 aromatic heterocycles. The zero-order chi connectivity index (χ0) is 21.8. The third-order valence-electron chi connectivity index (χ3n) is 8.38.